The van der Waals surface area contributed by atoms with Crippen LogP contribution in [0.5, 0.6) is 5.75 Å². The number of fused-ring (bicyclic) bond motifs is 11. The van der Waals surface area contributed by atoms with Gasteiger partial charge in [0.05, 0.1) is 12.5 Å². The summed E-state index contributed by atoms with van der Waals surface area (Å²) < 4.78 is 5.69. The van der Waals surface area contributed by atoms with Crippen LogP contribution in [-0.2, 0) is 11.8 Å². The predicted octanol–water partition coefficient (Wildman–Crippen LogP) is 6.49. The molecule has 3 aliphatic carbocycles. The molecule has 1 heteroatoms. The van der Waals surface area contributed by atoms with Gasteiger partial charge in [-0.2, -0.15) is 0 Å². The lowest BCUT2D eigenvalue weighted by Crippen LogP contribution is -2.26. The summed E-state index contributed by atoms with van der Waals surface area (Å²) in [5, 5.41) is 0. The van der Waals surface area contributed by atoms with Crippen LogP contribution < -0.4 is 4.74 Å². The van der Waals surface area contributed by atoms with Gasteiger partial charge in [-0.05, 0) is 74.2 Å². The van der Waals surface area contributed by atoms with Gasteiger partial charge in [0.1, 0.15) is 5.75 Å². The van der Waals surface area contributed by atoms with E-state index in [0.717, 1.165) is 12.2 Å². The van der Waals surface area contributed by atoms with Crippen LogP contribution in [-0.4, -0.2) is 7.11 Å². The standard InChI is InChI=1S/C29H20O/c1-30-19-14-15-23-21-10-4-6-12-25(21)29(27(23)17-19)26-13-7-5-11-22(26)24-16-18-8-2-3-9-20(18)28(24)29/h2-15,17H,16H2,1H3. The molecule has 0 fully saturated rings. The van der Waals surface area contributed by atoms with Crippen LogP contribution in [0.2, 0.25) is 0 Å². The second-order valence-corrected chi connectivity index (χ2v) is 8.44. The molecule has 30 heavy (non-hydrogen) atoms. The Bertz CT molecular complexity index is 1410. The van der Waals surface area contributed by atoms with Gasteiger partial charge >= 0.3 is 0 Å². The molecule has 0 aliphatic heterocycles. The molecule has 1 unspecified atom stereocenters. The Balaban J connectivity index is 1.69. The van der Waals surface area contributed by atoms with Gasteiger partial charge in [0.2, 0.25) is 0 Å². The first-order chi connectivity index (χ1) is 14.8. The van der Waals surface area contributed by atoms with E-state index in [9.17, 15) is 0 Å². The number of benzene rings is 4. The average Bonchev–Trinajstić information content (AvgIpc) is 3.42. The number of hydrogen-bond acceptors (Lipinski definition) is 1. The van der Waals surface area contributed by atoms with Crippen molar-refractivity contribution in [2.75, 3.05) is 7.11 Å². The van der Waals surface area contributed by atoms with Crippen LogP contribution in [0.1, 0.15) is 33.4 Å². The Kier molecular flexibility index (Phi) is 2.99. The van der Waals surface area contributed by atoms with Crippen molar-refractivity contribution in [2.45, 2.75) is 11.8 Å². The lowest BCUT2D eigenvalue weighted by atomic mass is 9.68. The Hall–Kier alpha value is -3.58. The number of methoxy groups -OCH3 is 1. The fourth-order valence-electron chi connectivity index (χ4n) is 6.17. The average molecular weight is 384 g/mol. The number of ether oxygens (including phenoxy) is 1. The summed E-state index contributed by atoms with van der Waals surface area (Å²) in [5.74, 6) is 0.916. The minimum absolute atomic E-state index is 0.279. The molecular formula is C29H20O. The van der Waals surface area contributed by atoms with Crippen LogP contribution in [0.4, 0.5) is 0 Å². The van der Waals surface area contributed by atoms with E-state index in [0.29, 0.717) is 0 Å². The summed E-state index contributed by atoms with van der Waals surface area (Å²) in [6.07, 6.45) is 1.01. The summed E-state index contributed by atoms with van der Waals surface area (Å²) >= 11 is 0. The molecule has 0 saturated heterocycles. The molecule has 1 spiro atoms. The predicted molar refractivity (Wildman–Crippen MR) is 122 cm³/mol. The second-order valence-electron chi connectivity index (χ2n) is 8.44. The molecule has 0 heterocycles. The van der Waals surface area contributed by atoms with Gasteiger partial charge in [-0.15, -0.1) is 0 Å². The van der Waals surface area contributed by atoms with Gasteiger partial charge in [-0.25, -0.2) is 0 Å². The molecule has 4 aromatic rings. The van der Waals surface area contributed by atoms with Crippen LogP contribution in [0.25, 0.3) is 22.3 Å². The Morgan fingerprint density at radius 1 is 0.633 bits per heavy atom. The van der Waals surface area contributed by atoms with E-state index in [1.54, 1.807) is 7.11 Å². The topological polar surface area (TPSA) is 9.23 Å². The van der Waals surface area contributed by atoms with Gasteiger partial charge in [0.15, 0.2) is 0 Å². The molecule has 4 aromatic carbocycles. The lowest BCUT2D eigenvalue weighted by molar-refractivity contribution is 0.414. The van der Waals surface area contributed by atoms with Gasteiger partial charge in [0.25, 0.3) is 0 Å². The van der Waals surface area contributed by atoms with E-state index < -0.39 is 0 Å². The number of hydrogen-bond donors (Lipinski definition) is 0. The zero-order valence-electron chi connectivity index (χ0n) is 16.8. The van der Waals surface area contributed by atoms with E-state index in [1.807, 2.05) is 0 Å². The zero-order chi connectivity index (χ0) is 19.9. The Labute approximate surface area is 176 Å². The first kappa shape index (κ1) is 16.2. The van der Waals surface area contributed by atoms with Gasteiger partial charge in [-0.3, -0.25) is 0 Å². The van der Waals surface area contributed by atoms with Crippen LogP contribution in [0.15, 0.2) is 91.0 Å². The first-order valence-electron chi connectivity index (χ1n) is 10.5. The maximum atomic E-state index is 5.69. The van der Waals surface area contributed by atoms with Crippen molar-refractivity contribution in [3.05, 3.63) is 124 Å². The van der Waals surface area contributed by atoms with Gasteiger partial charge < -0.3 is 4.74 Å². The van der Waals surface area contributed by atoms with E-state index in [1.165, 1.54) is 55.7 Å². The molecule has 0 aromatic heterocycles. The third kappa shape index (κ3) is 1.71. The Morgan fingerprint density at radius 3 is 2.07 bits per heavy atom. The molecule has 142 valence electrons. The van der Waals surface area contributed by atoms with Gasteiger partial charge in [0, 0.05) is 0 Å². The van der Waals surface area contributed by atoms with Crippen LogP contribution in [0, 0.1) is 0 Å². The first-order valence-corrected chi connectivity index (χ1v) is 10.5. The largest absolute Gasteiger partial charge is 0.497 e. The van der Waals surface area contributed by atoms with Gasteiger partial charge in [-0.1, -0.05) is 78.9 Å². The highest BCUT2D eigenvalue weighted by atomic mass is 16.5. The monoisotopic (exact) mass is 384 g/mol. The van der Waals surface area contributed by atoms with E-state index in [-0.39, 0.29) is 5.41 Å². The summed E-state index contributed by atoms with van der Waals surface area (Å²) in [6, 6.07) is 33.5. The van der Waals surface area contributed by atoms with Crippen molar-refractivity contribution >= 4 is 11.1 Å². The lowest BCUT2D eigenvalue weighted by Gasteiger charge is -2.33. The van der Waals surface area contributed by atoms with E-state index in [2.05, 4.69) is 91.0 Å². The van der Waals surface area contributed by atoms with Crippen LogP contribution >= 0.6 is 0 Å². The molecule has 0 saturated carbocycles. The molecule has 1 nitrogen and oxygen atoms in total. The molecule has 0 radical (unpaired) electrons. The minimum atomic E-state index is -0.279. The summed E-state index contributed by atoms with van der Waals surface area (Å²) in [6.45, 7) is 0. The van der Waals surface area contributed by atoms with E-state index in [4.69, 9.17) is 4.74 Å². The smallest absolute Gasteiger partial charge is 0.119 e. The minimum Gasteiger partial charge on any atom is -0.497 e. The fourth-order valence-corrected chi connectivity index (χ4v) is 6.17. The molecule has 1 atom stereocenters. The van der Waals surface area contributed by atoms with Crippen molar-refractivity contribution in [1.82, 2.24) is 0 Å². The maximum Gasteiger partial charge on any atom is 0.119 e. The normalized spacial score (nSPS) is 19.4. The maximum absolute atomic E-state index is 5.69. The molecule has 0 bridgehead atoms. The van der Waals surface area contributed by atoms with Crippen LogP contribution in [0.3, 0.4) is 0 Å². The highest BCUT2D eigenvalue weighted by molar-refractivity contribution is 6.12. The van der Waals surface area contributed by atoms with Crippen molar-refractivity contribution < 1.29 is 4.74 Å². The molecular weight excluding hydrogens is 364 g/mol. The quantitative estimate of drug-likeness (QED) is 0.364. The highest BCUT2D eigenvalue weighted by Crippen LogP contribution is 2.66. The molecule has 0 N–H and O–H groups in total. The molecule has 3 aliphatic rings. The van der Waals surface area contributed by atoms with Crippen molar-refractivity contribution in [3.8, 4) is 16.9 Å². The van der Waals surface area contributed by atoms with Crippen molar-refractivity contribution in [2.24, 2.45) is 0 Å². The molecule has 7 rings (SSSR count). The Morgan fingerprint density at radius 2 is 1.27 bits per heavy atom. The molecule has 0 amide bonds. The van der Waals surface area contributed by atoms with E-state index >= 15 is 0 Å². The summed E-state index contributed by atoms with van der Waals surface area (Å²) in [5.41, 5.74) is 13.7. The number of rotatable bonds is 1. The fraction of sp³-hybridized carbons (Fsp3) is 0.103. The third-order valence-electron chi connectivity index (χ3n) is 7.24. The SMILES string of the molecule is COc1ccc2c(c1)C1(C3=C(Cc4ccccc43)c3ccccc31)c1ccccc1-2. The van der Waals surface area contributed by atoms with Crippen molar-refractivity contribution in [1.29, 1.82) is 0 Å². The second kappa shape index (κ2) is 5.52. The third-order valence-corrected chi connectivity index (χ3v) is 7.24. The highest BCUT2D eigenvalue weighted by Gasteiger charge is 2.54. The summed E-state index contributed by atoms with van der Waals surface area (Å²) in [4.78, 5) is 0. The summed E-state index contributed by atoms with van der Waals surface area (Å²) in [7, 11) is 1.76. The number of allylic oxidation sites excluding steroid dienone is 2. The zero-order valence-corrected chi connectivity index (χ0v) is 16.8. The van der Waals surface area contributed by atoms with Crippen molar-refractivity contribution in [3.63, 3.8) is 0 Å².